The predicted molar refractivity (Wildman–Crippen MR) is 67.0 cm³/mol. The normalized spacial score (nSPS) is 12.4. The molecule has 2 rings (SSSR count). The Morgan fingerprint density at radius 1 is 1.29 bits per heavy atom. The van der Waals surface area contributed by atoms with Gasteiger partial charge in [0.25, 0.3) is 0 Å². The summed E-state index contributed by atoms with van der Waals surface area (Å²) >= 11 is 0. The molecule has 4 heteroatoms. The van der Waals surface area contributed by atoms with Crippen LogP contribution in [0.2, 0.25) is 0 Å². The van der Waals surface area contributed by atoms with E-state index in [1.165, 1.54) is 17.5 Å². The smallest absolute Gasteiger partial charge is 0.115 e. The maximum atomic E-state index is 5.59. The lowest BCUT2D eigenvalue weighted by Gasteiger charge is -2.16. The number of nitrogens with zero attached hydrogens (tertiary/aromatic N) is 2. The number of hydrogen-bond donors (Lipinski definition) is 2. The summed E-state index contributed by atoms with van der Waals surface area (Å²) in [7, 11) is 0. The lowest BCUT2D eigenvalue weighted by atomic mass is 9.99. The molecular formula is C13H16N4. The number of hydrogen-bond acceptors (Lipinski definition) is 4. The Bertz CT molecular complexity index is 470. The third kappa shape index (κ3) is 2.87. The maximum absolute atomic E-state index is 5.59. The first-order chi connectivity index (χ1) is 8.31. The lowest BCUT2D eigenvalue weighted by Crippen LogP contribution is -2.30. The zero-order valence-corrected chi connectivity index (χ0v) is 9.80. The first-order valence-electron chi connectivity index (χ1n) is 5.58. The average Bonchev–Trinajstić information content (AvgIpc) is 2.39. The van der Waals surface area contributed by atoms with E-state index in [-0.39, 0.29) is 6.04 Å². The summed E-state index contributed by atoms with van der Waals surface area (Å²) in [4.78, 5) is 8.13. The molecule has 4 nitrogen and oxygen atoms in total. The van der Waals surface area contributed by atoms with Crippen molar-refractivity contribution in [3.05, 3.63) is 59.7 Å². The van der Waals surface area contributed by atoms with Crippen LogP contribution in [-0.2, 0) is 6.42 Å². The van der Waals surface area contributed by atoms with Gasteiger partial charge in [-0.3, -0.25) is 11.3 Å². The second-order valence-corrected chi connectivity index (χ2v) is 3.98. The minimum atomic E-state index is 0.0131. The van der Waals surface area contributed by atoms with E-state index in [4.69, 9.17) is 5.84 Å². The lowest BCUT2D eigenvalue weighted by molar-refractivity contribution is 0.536. The van der Waals surface area contributed by atoms with E-state index in [1.54, 1.807) is 6.20 Å². The topological polar surface area (TPSA) is 63.8 Å². The molecule has 1 aromatic heterocycles. The molecule has 17 heavy (non-hydrogen) atoms. The zero-order valence-electron chi connectivity index (χ0n) is 9.80. The van der Waals surface area contributed by atoms with Crippen LogP contribution in [0.3, 0.4) is 0 Å². The molecule has 0 saturated carbocycles. The number of aromatic nitrogens is 2. The third-order valence-electron chi connectivity index (χ3n) is 2.85. The van der Waals surface area contributed by atoms with Gasteiger partial charge in [-0.2, -0.15) is 0 Å². The van der Waals surface area contributed by atoms with Crippen LogP contribution < -0.4 is 11.3 Å². The SMILES string of the molecule is Cc1ccccc1CC(NN)c1ccncn1. The molecule has 1 aromatic carbocycles. The molecule has 0 aliphatic carbocycles. The minimum Gasteiger partial charge on any atom is -0.271 e. The van der Waals surface area contributed by atoms with Gasteiger partial charge in [0.1, 0.15) is 6.33 Å². The Labute approximate surface area is 101 Å². The van der Waals surface area contributed by atoms with Gasteiger partial charge in [0.05, 0.1) is 11.7 Å². The molecule has 2 aromatic rings. The standard InChI is InChI=1S/C13H16N4/c1-10-4-2-3-5-11(10)8-13(17-14)12-6-7-15-9-16-12/h2-7,9,13,17H,8,14H2,1H3. The fourth-order valence-corrected chi connectivity index (χ4v) is 1.81. The number of nitrogens with one attached hydrogen (secondary N) is 1. The van der Waals surface area contributed by atoms with Crippen LogP contribution in [0, 0.1) is 6.92 Å². The van der Waals surface area contributed by atoms with Crippen molar-refractivity contribution >= 4 is 0 Å². The van der Waals surface area contributed by atoms with Crippen molar-refractivity contribution in [1.82, 2.24) is 15.4 Å². The van der Waals surface area contributed by atoms with Crippen LogP contribution in [0.1, 0.15) is 22.9 Å². The Morgan fingerprint density at radius 3 is 2.76 bits per heavy atom. The van der Waals surface area contributed by atoms with E-state index in [0.717, 1.165) is 12.1 Å². The van der Waals surface area contributed by atoms with Gasteiger partial charge in [-0.05, 0) is 30.5 Å². The quantitative estimate of drug-likeness (QED) is 0.615. The van der Waals surface area contributed by atoms with Gasteiger partial charge in [0.2, 0.25) is 0 Å². The van der Waals surface area contributed by atoms with Crippen molar-refractivity contribution in [2.24, 2.45) is 5.84 Å². The van der Waals surface area contributed by atoms with Crippen LogP contribution in [-0.4, -0.2) is 9.97 Å². The van der Waals surface area contributed by atoms with E-state index in [9.17, 15) is 0 Å². The van der Waals surface area contributed by atoms with Gasteiger partial charge >= 0.3 is 0 Å². The van der Waals surface area contributed by atoms with Crippen LogP contribution in [0.15, 0.2) is 42.9 Å². The molecule has 0 aliphatic rings. The molecule has 0 bridgehead atoms. The molecule has 3 N–H and O–H groups in total. The number of nitrogens with two attached hydrogens (primary N) is 1. The van der Waals surface area contributed by atoms with E-state index in [2.05, 4.69) is 34.5 Å². The van der Waals surface area contributed by atoms with Crippen molar-refractivity contribution in [2.45, 2.75) is 19.4 Å². The molecule has 1 heterocycles. The summed E-state index contributed by atoms with van der Waals surface area (Å²) in [5, 5.41) is 0. The van der Waals surface area contributed by atoms with Gasteiger partial charge < -0.3 is 0 Å². The highest BCUT2D eigenvalue weighted by Crippen LogP contribution is 2.17. The van der Waals surface area contributed by atoms with Crippen molar-refractivity contribution in [3.8, 4) is 0 Å². The van der Waals surface area contributed by atoms with Gasteiger partial charge in [-0.25, -0.2) is 9.97 Å². The van der Waals surface area contributed by atoms with E-state index in [0.29, 0.717) is 0 Å². The number of hydrazine groups is 1. The second-order valence-electron chi connectivity index (χ2n) is 3.98. The molecule has 0 radical (unpaired) electrons. The molecule has 0 amide bonds. The first kappa shape index (κ1) is 11.7. The van der Waals surface area contributed by atoms with E-state index >= 15 is 0 Å². The van der Waals surface area contributed by atoms with Crippen molar-refractivity contribution in [3.63, 3.8) is 0 Å². The van der Waals surface area contributed by atoms with Crippen LogP contribution in [0.5, 0.6) is 0 Å². The Balaban J connectivity index is 2.19. The predicted octanol–water partition coefficient (Wildman–Crippen LogP) is 1.53. The van der Waals surface area contributed by atoms with Gasteiger partial charge in [0, 0.05) is 6.20 Å². The van der Waals surface area contributed by atoms with E-state index in [1.807, 2.05) is 18.2 Å². The summed E-state index contributed by atoms with van der Waals surface area (Å²) in [5.41, 5.74) is 6.25. The van der Waals surface area contributed by atoms with Gasteiger partial charge in [-0.1, -0.05) is 24.3 Å². The Kier molecular flexibility index (Phi) is 3.80. The van der Waals surface area contributed by atoms with Crippen LogP contribution in [0.25, 0.3) is 0 Å². The fraction of sp³-hybridized carbons (Fsp3) is 0.231. The van der Waals surface area contributed by atoms with Crippen molar-refractivity contribution < 1.29 is 0 Å². The zero-order chi connectivity index (χ0) is 12.1. The monoisotopic (exact) mass is 228 g/mol. The average molecular weight is 228 g/mol. The molecule has 1 atom stereocenters. The molecule has 0 spiro atoms. The molecule has 0 aliphatic heterocycles. The Hall–Kier alpha value is -1.78. The van der Waals surface area contributed by atoms with Gasteiger partial charge in [-0.15, -0.1) is 0 Å². The minimum absolute atomic E-state index is 0.0131. The largest absolute Gasteiger partial charge is 0.271 e. The highest BCUT2D eigenvalue weighted by Gasteiger charge is 2.12. The summed E-state index contributed by atoms with van der Waals surface area (Å²) in [5.74, 6) is 5.59. The highest BCUT2D eigenvalue weighted by atomic mass is 15.2. The van der Waals surface area contributed by atoms with Gasteiger partial charge in [0.15, 0.2) is 0 Å². The second kappa shape index (κ2) is 5.52. The van der Waals surface area contributed by atoms with Crippen LogP contribution in [0.4, 0.5) is 0 Å². The van der Waals surface area contributed by atoms with Crippen molar-refractivity contribution in [2.75, 3.05) is 0 Å². The summed E-state index contributed by atoms with van der Waals surface area (Å²) in [6.45, 7) is 2.10. The third-order valence-corrected chi connectivity index (χ3v) is 2.85. The highest BCUT2D eigenvalue weighted by molar-refractivity contribution is 5.27. The molecule has 88 valence electrons. The number of benzene rings is 1. The summed E-state index contributed by atoms with van der Waals surface area (Å²) in [6.07, 6.45) is 4.09. The molecule has 1 unspecified atom stereocenters. The molecular weight excluding hydrogens is 212 g/mol. The summed E-state index contributed by atoms with van der Waals surface area (Å²) < 4.78 is 0. The Morgan fingerprint density at radius 2 is 2.12 bits per heavy atom. The molecule has 0 saturated heterocycles. The number of aryl methyl sites for hydroxylation is 1. The summed E-state index contributed by atoms with van der Waals surface area (Å²) in [6, 6.07) is 10.2. The van der Waals surface area contributed by atoms with Crippen molar-refractivity contribution in [1.29, 1.82) is 0 Å². The van der Waals surface area contributed by atoms with E-state index < -0.39 is 0 Å². The van der Waals surface area contributed by atoms with Crippen LogP contribution >= 0.6 is 0 Å². The molecule has 0 fully saturated rings. The maximum Gasteiger partial charge on any atom is 0.115 e. The first-order valence-corrected chi connectivity index (χ1v) is 5.58. The number of rotatable bonds is 4. The fourth-order valence-electron chi connectivity index (χ4n) is 1.81.